The van der Waals surface area contributed by atoms with Crippen LogP contribution in [0.3, 0.4) is 0 Å². The maximum Gasteiger partial charge on any atom is 0.251 e. The topological polar surface area (TPSA) is 45.8 Å². The average Bonchev–Trinajstić information content (AvgIpc) is 2.73. The molecule has 0 bridgehead atoms. The van der Waals surface area contributed by atoms with Crippen LogP contribution in [0.5, 0.6) is 0 Å². The van der Waals surface area contributed by atoms with Gasteiger partial charge in [-0.25, -0.2) is 4.98 Å². The number of halogens is 1. The van der Waals surface area contributed by atoms with Crippen molar-refractivity contribution in [3.8, 4) is 0 Å². The minimum Gasteiger partial charge on any atom is -0.301 e. The Balaban J connectivity index is 1.86. The van der Waals surface area contributed by atoms with Crippen molar-refractivity contribution in [3.05, 3.63) is 56.3 Å². The average molecular weight is 323 g/mol. The lowest BCUT2D eigenvalue weighted by molar-refractivity contribution is 0.905. The zero-order chi connectivity index (χ0) is 14.1. The number of benzene rings is 1. The lowest BCUT2D eigenvalue weighted by Crippen LogP contribution is -2.07. The number of nitrogens with one attached hydrogen (secondary N) is 1. The molecule has 0 saturated carbocycles. The molecule has 0 aliphatic heterocycles. The van der Waals surface area contributed by atoms with Crippen molar-refractivity contribution in [3.63, 3.8) is 0 Å². The molecule has 2 heterocycles. The molecule has 1 aromatic carbocycles. The Labute approximate surface area is 129 Å². The minimum atomic E-state index is -0.123. The molecule has 0 aliphatic carbocycles. The Morgan fingerprint density at radius 2 is 2.20 bits per heavy atom. The summed E-state index contributed by atoms with van der Waals surface area (Å²) in [5.41, 5.74) is 0.598. The predicted octanol–water partition coefficient (Wildman–Crippen LogP) is 4.24. The molecule has 102 valence electrons. The van der Waals surface area contributed by atoms with Gasteiger partial charge in [-0.1, -0.05) is 41.6 Å². The van der Waals surface area contributed by atoms with Crippen LogP contribution in [0.15, 0.2) is 40.3 Å². The molecule has 0 saturated heterocycles. The standard InChI is InChI=1S/C14H11ClN2OS2/c1-8-6-12(18)17-14(16-8)19-7-11-13(15)9-4-2-3-5-10(9)20-11/h2-6H,7H2,1H3,(H,16,17,18). The molecule has 0 radical (unpaired) electrons. The summed E-state index contributed by atoms with van der Waals surface area (Å²) >= 11 is 9.56. The highest BCUT2D eigenvalue weighted by atomic mass is 35.5. The molecule has 0 unspecified atom stereocenters. The predicted molar refractivity (Wildman–Crippen MR) is 86.0 cm³/mol. The first-order valence-corrected chi connectivity index (χ1v) is 8.18. The third kappa shape index (κ3) is 2.75. The van der Waals surface area contributed by atoms with E-state index in [0.29, 0.717) is 10.9 Å². The number of thioether (sulfide) groups is 1. The van der Waals surface area contributed by atoms with E-state index in [4.69, 9.17) is 11.6 Å². The fraction of sp³-hybridized carbons (Fsp3) is 0.143. The molecule has 3 aromatic rings. The first kappa shape index (κ1) is 13.7. The second-order valence-corrected chi connectivity index (χ2v) is 6.79. The van der Waals surface area contributed by atoms with Crippen LogP contribution in [0.1, 0.15) is 10.6 Å². The lowest BCUT2D eigenvalue weighted by atomic mass is 10.2. The van der Waals surface area contributed by atoms with Gasteiger partial charge in [0.15, 0.2) is 5.16 Å². The van der Waals surface area contributed by atoms with Gasteiger partial charge in [-0.2, -0.15) is 0 Å². The van der Waals surface area contributed by atoms with Gasteiger partial charge in [0.1, 0.15) is 0 Å². The molecule has 0 atom stereocenters. The van der Waals surface area contributed by atoms with E-state index in [1.165, 1.54) is 22.5 Å². The van der Waals surface area contributed by atoms with Crippen molar-refractivity contribution in [2.45, 2.75) is 17.8 Å². The van der Waals surface area contributed by atoms with Crippen LogP contribution < -0.4 is 5.56 Å². The third-order valence-corrected chi connectivity index (χ3v) is 5.59. The van der Waals surface area contributed by atoms with Gasteiger partial charge in [-0.3, -0.25) is 4.79 Å². The number of aromatic amines is 1. The Hall–Kier alpha value is -1.30. The summed E-state index contributed by atoms with van der Waals surface area (Å²) in [7, 11) is 0. The molecule has 1 N–H and O–H groups in total. The zero-order valence-corrected chi connectivity index (χ0v) is 13.0. The molecular formula is C14H11ClN2OS2. The molecule has 6 heteroatoms. The highest BCUT2D eigenvalue weighted by Gasteiger charge is 2.10. The number of aryl methyl sites for hydroxylation is 1. The van der Waals surface area contributed by atoms with Crippen LogP contribution in [0, 0.1) is 6.92 Å². The Morgan fingerprint density at radius 3 is 2.95 bits per heavy atom. The van der Waals surface area contributed by atoms with Gasteiger partial charge in [0.2, 0.25) is 0 Å². The number of H-pyrrole nitrogens is 1. The highest BCUT2D eigenvalue weighted by Crippen LogP contribution is 2.37. The molecule has 3 rings (SSSR count). The van der Waals surface area contributed by atoms with Crippen LogP contribution in [0.4, 0.5) is 0 Å². The summed E-state index contributed by atoms with van der Waals surface area (Å²) in [6.07, 6.45) is 0. The first-order valence-electron chi connectivity index (χ1n) is 6.00. The van der Waals surface area contributed by atoms with E-state index in [9.17, 15) is 4.79 Å². The second-order valence-electron chi connectivity index (χ2n) is 4.32. The van der Waals surface area contributed by atoms with Crippen molar-refractivity contribution >= 4 is 44.8 Å². The second kappa shape index (κ2) is 5.60. The molecule has 2 aromatic heterocycles. The molecule has 0 aliphatic rings. The van der Waals surface area contributed by atoms with Crippen LogP contribution in [0.2, 0.25) is 5.02 Å². The number of thiophene rings is 1. The number of nitrogens with zero attached hydrogens (tertiary/aromatic N) is 1. The third-order valence-electron chi connectivity index (χ3n) is 2.79. The number of hydrogen-bond donors (Lipinski definition) is 1. The van der Waals surface area contributed by atoms with Crippen LogP contribution in [-0.4, -0.2) is 9.97 Å². The number of hydrogen-bond acceptors (Lipinski definition) is 4. The van der Waals surface area contributed by atoms with Gasteiger partial charge in [0.05, 0.1) is 5.02 Å². The zero-order valence-electron chi connectivity index (χ0n) is 10.6. The summed E-state index contributed by atoms with van der Waals surface area (Å²) in [5, 5.41) is 2.51. The van der Waals surface area contributed by atoms with Crippen molar-refractivity contribution in [1.29, 1.82) is 0 Å². The molecule has 20 heavy (non-hydrogen) atoms. The van der Waals surface area contributed by atoms with Crippen LogP contribution >= 0.6 is 34.7 Å². The van der Waals surface area contributed by atoms with Gasteiger partial charge in [0, 0.05) is 32.5 Å². The maximum absolute atomic E-state index is 11.4. The maximum atomic E-state index is 11.4. The fourth-order valence-corrected chi connectivity index (χ4v) is 4.49. The fourth-order valence-electron chi connectivity index (χ4n) is 1.91. The monoisotopic (exact) mass is 322 g/mol. The SMILES string of the molecule is Cc1cc(=O)[nH]c(SCc2sc3ccccc3c2Cl)n1. The quantitative estimate of drug-likeness (QED) is 0.579. The van der Waals surface area contributed by atoms with Crippen molar-refractivity contribution in [2.75, 3.05) is 0 Å². The van der Waals surface area contributed by atoms with E-state index in [-0.39, 0.29) is 5.56 Å². The van der Waals surface area contributed by atoms with Crippen LogP contribution in [0.25, 0.3) is 10.1 Å². The summed E-state index contributed by atoms with van der Waals surface area (Å²) in [6, 6.07) is 9.56. The Bertz CT molecular complexity index is 825. The smallest absolute Gasteiger partial charge is 0.251 e. The van der Waals surface area contributed by atoms with E-state index in [2.05, 4.69) is 16.0 Å². The minimum absolute atomic E-state index is 0.123. The normalized spacial score (nSPS) is 11.1. The van der Waals surface area contributed by atoms with Gasteiger partial charge >= 0.3 is 0 Å². The lowest BCUT2D eigenvalue weighted by Gasteiger charge is -2.00. The van der Waals surface area contributed by atoms with Gasteiger partial charge in [-0.15, -0.1) is 11.3 Å². The number of fused-ring (bicyclic) bond motifs is 1. The van der Waals surface area contributed by atoms with Crippen molar-refractivity contribution in [1.82, 2.24) is 9.97 Å². The molecular weight excluding hydrogens is 312 g/mol. The summed E-state index contributed by atoms with van der Waals surface area (Å²) in [6.45, 7) is 1.81. The van der Waals surface area contributed by atoms with Crippen LogP contribution in [-0.2, 0) is 5.75 Å². The Kier molecular flexibility index (Phi) is 3.83. The van der Waals surface area contributed by atoms with Gasteiger partial charge in [0.25, 0.3) is 5.56 Å². The number of aromatic nitrogens is 2. The first-order chi connectivity index (χ1) is 9.63. The van der Waals surface area contributed by atoms with E-state index in [0.717, 1.165) is 21.0 Å². The van der Waals surface area contributed by atoms with E-state index in [1.54, 1.807) is 11.3 Å². The van der Waals surface area contributed by atoms with Gasteiger partial charge < -0.3 is 4.98 Å². The van der Waals surface area contributed by atoms with E-state index < -0.39 is 0 Å². The van der Waals surface area contributed by atoms with E-state index >= 15 is 0 Å². The Morgan fingerprint density at radius 1 is 1.40 bits per heavy atom. The summed E-state index contributed by atoms with van der Waals surface area (Å²) in [5.74, 6) is 0.699. The molecule has 0 amide bonds. The molecule has 0 spiro atoms. The highest BCUT2D eigenvalue weighted by molar-refractivity contribution is 7.98. The van der Waals surface area contributed by atoms with Gasteiger partial charge in [-0.05, 0) is 13.0 Å². The van der Waals surface area contributed by atoms with Crippen molar-refractivity contribution < 1.29 is 0 Å². The van der Waals surface area contributed by atoms with Crippen molar-refractivity contribution in [2.24, 2.45) is 0 Å². The number of rotatable bonds is 3. The molecule has 3 nitrogen and oxygen atoms in total. The molecule has 0 fully saturated rings. The van der Waals surface area contributed by atoms with E-state index in [1.807, 2.05) is 25.1 Å². The summed E-state index contributed by atoms with van der Waals surface area (Å²) < 4.78 is 1.18. The largest absolute Gasteiger partial charge is 0.301 e. The summed E-state index contributed by atoms with van der Waals surface area (Å²) in [4.78, 5) is 19.5.